The molecule has 0 unspecified atom stereocenters. The minimum absolute atomic E-state index is 0.0281. The number of hydrogen-bond acceptors (Lipinski definition) is 3. The van der Waals surface area contributed by atoms with Crippen molar-refractivity contribution in [3.63, 3.8) is 0 Å². The fourth-order valence-corrected chi connectivity index (χ4v) is 3.77. The van der Waals surface area contributed by atoms with Gasteiger partial charge in [-0.05, 0) is 25.0 Å². The number of hydrogen-bond donors (Lipinski definition) is 1. The Morgan fingerprint density at radius 2 is 1.76 bits per heavy atom. The van der Waals surface area contributed by atoms with Gasteiger partial charge in [0, 0.05) is 25.1 Å². The molecule has 5 heteroatoms. The summed E-state index contributed by atoms with van der Waals surface area (Å²) in [6.07, 6.45) is 1.89. The highest BCUT2D eigenvalue weighted by molar-refractivity contribution is 7.89. The number of rotatable bonds is 7. The van der Waals surface area contributed by atoms with E-state index in [1.165, 1.54) is 4.31 Å². The summed E-state index contributed by atoms with van der Waals surface area (Å²) in [5.74, 6) is 5.63. The highest BCUT2D eigenvalue weighted by Gasteiger charge is 2.25. The van der Waals surface area contributed by atoms with Gasteiger partial charge in [-0.25, -0.2) is 8.42 Å². The minimum Gasteiger partial charge on any atom is -0.395 e. The molecule has 0 aliphatic carbocycles. The van der Waals surface area contributed by atoms with Crippen molar-refractivity contribution >= 4 is 10.0 Å². The number of aliphatic hydroxyl groups is 1. The van der Waals surface area contributed by atoms with E-state index in [0.717, 1.165) is 12.8 Å². The lowest BCUT2D eigenvalue weighted by Crippen LogP contribution is -2.33. The summed E-state index contributed by atoms with van der Waals surface area (Å²) in [6, 6.07) is 6.77. The highest BCUT2D eigenvalue weighted by atomic mass is 32.2. The lowest BCUT2D eigenvalue weighted by Gasteiger charge is -2.21. The van der Waals surface area contributed by atoms with Crippen LogP contribution in [0.25, 0.3) is 0 Å². The molecule has 0 aliphatic heterocycles. The molecule has 0 saturated carbocycles. The molecule has 0 fully saturated rings. The predicted molar refractivity (Wildman–Crippen MR) is 84.4 cm³/mol. The van der Waals surface area contributed by atoms with E-state index in [1.54, 1.807) is 24.3 Å². The molecule has 21 heavy (non-hydrogen) atoms. The number of benzene rings is 1. The van der Waals surface area contributed by atoms with Crippen molar-refractivity contribution in [2.75, 3.05) is 19.7 Å². The van der Waals surface area contributed by atoms with E-state index in [2.05, 4.69) is 11.8 Å². The number of nitrogens with zero attached hydrogens (tertiary/aromatic N) is 1. The Balaban J connectivity index is 3.21. The van der Waals surface area contributed by atoms with Crippen LogP contribution < -0.4 is 0 Å². The molecule has 1 rings (SSSR count). The summed E-state index contributed by atoms with van der Waals surface area (Å²) in [6.45, 7) is 4.92. The van der Waals surface area contributed by atoms with Gasteiger partial charge in [0.05, 0.1) is 11.5 Å². The largest absolute Gasteiger partial charge is 0.395 e. The molecule has 0 aromatic heterocycles. The molecule has 4 nitrogen and oxygen atoms in total. The Morgan fingerprint density at radius 3 is 2.33 bits per heavy atom. The van der Waals surface area contributed by atoms with Crippen LogP contribution in [0.4, 0.5) is 0 Å². The SMILES string of the molecule is CCCN(CCC)S(=O)(=O)c1ccccc1C#CCCO. The van der Waals surface area contributed by atoms with Crippen LogP contribution in [0.15, 0.2) is 29.2 Å². The standard InChI is InChI=1S/C16H23NO3S/c1-3-12-17(13-4-2)21(19,20)16-11-6-5-9-15(16)10-7-8-14-18/h5-6,9,11,18H,3-4,8,12-14H2,1-2H3. The van der Waals surface area contributed by atoms with E-state index in [9.17, 15) is 8.42 Å². The molecule has 116 valence electrons. The first kappa shape index (κ1) is 17.7. The van der Waals surface area contributed by atoms with Crippen LogP contribution in [0.2, 0.25) is 0 Å². The van der Waals surface area contributed by atoms with Crippen molar-refractivity contribution in [2.24, 2.45) is 0 Å². The Morgan fingerprint density at radius 1 is 1.14 bits per heavy atom. The van der Waals surface area contributed by atoms with Gasteiger partial charge in [0.1, 0.15) is 0 Å². The fraction of sp³-hybridized carbons (Fsp3) is 0.500. The summed E-state index contributed by atoms with van der Waals surface area (Å²) < 4.78 is 27.1. The first-order valence-corrected chi connectivity index (χ1v) is 8.70. The van der Waals surface area contributed by atoms with E-state index in [1.807, 2.05) is 13.8 Å². The van der Waals surface area contributed by atoms with Gasteiger partial charge in [-0.2, -0.15) is 4.31 Å². The molecule has 0 amide bonds. The van der Waals surface area contributed by atoms with Crippen LogP contribution in [0, 0.1) is 11.8 Å². The van der Waals surface area contributed by atoms with Crippen LogP contribution in [-0.4, -0.2) is 37.5 Å². The van der Waals surface area contributed by atoms with Gasteiger partial charge >= 0.3 is 0 Å². The van der Waals surface area contributed by atoms with Crippen molar-refractivity contribution in [1.29, 1.82) is 0 Å². The first-order valence-electron chi connectivity index (χ1n) is 7.26. The Bertz CT molecular complexity index is 593. The second-order valence-corrected chi connectivity index (χ2v) is 6.58. The van der Waals surface area contributed by atoms with Crippen molar-refractivity contribution in [3.8, 4) is 11.8 Å². The summed E-state index contributed by atoms with van der Waals surface area (Å²) in [4.78, 5) is 0.248. The minimum atomic E-state index is -3.52. The quantitative estimate of drug-likeness (QED) is 0.786. The predicted octanol–water partition coefficient (Wildman–Crippen LogP) is 2.23. The molecular weight excluding hydrogens is 286 g/mol. The van der Waals surface area contributed by atoms with Gasteiger partial charge < -0.3 is 5.11 Å². The van der Waals surface area contributed by atoms with Gasteiger partial charge in [-0.3, -0.25) is 0 Å². The number of sulfonamides is 1. The summed E-state index contributed by atoms with van der Waals surface area (Å²) >= 11 is 0. The van der Waals surface area contributed by atoms with Crippen LogP contribution in [-0.2, 0) is 10.0 Å². The maximum atomic E-state index is 12.8. The molecule has 1 aromatic rings. The van der Waals surface area contributed by atoms with Gasteiger partial charge in [0.15, 0.2) is 0 Å². The molecule has 0 atom stereocenters. The topological polar surface area (TPSA) is 57.6 Å². The molecule has 1 aromatic carbocycles. The Kier molecular flexibility index (Phi) is 7.44. The van der Waals surface area contributed by atoms with Crippen molar-refractivity contribution < 1.29 is 13.5 Å². The van der Waals surface area contributed by atoms with Crippen LogP contribution in [0.5, 0.6) is 0 Å². The van der Waals surface area contributed by atoms with E-state index in [4.69, 9.17) is 5.11 Å². The molecule has 0 spiro atoms. The van der Waals surface area contributed by atoms with Gasteiger partial charge in [-0.1, -0.05) is 37.8 Å². The van der Waals surface area contributed by atoms with Gasteiger partial charge in [0.2, 0.25) is 10.0 Å². The molecule has 0 saturated heterocycles. The van der Waals surface area contributed by atoms with Crippen molar-refractivity contribution in [1.82, 2.24) is 4.31 Å². The average molecular weight is 309 g/mol. The van der Waals surface area contributed by atoms with Crippen molar-refractivity contribution in [3.05, 3.63) is 29.8 Å². The molecule has 0 bridgehead atoms. The summed E-state index contributed by atoms with van der Waals surface area (Å²) in [7, 11) is -3.52. The van der Waals surface area contributed by atoms with E-state index in [0.29, 0.717) is 25.1 Å². The van der Waals surface area contributed by atoms with Crippen LogP contribution in [0.1, 0.15) is 38.7 Å². The Labute approximate surface area is 127 Å². The number of aliphatic hydroxyl groups excluding tert-OH is 1. The molecular formula is C16H23NO3S. The van der Waals surface area contributed by atoms with Crippen LogP contribution >= 0.6 is 0 Å². The highest BCUT2D eigenvalue weighted by Crippen LogP contribution is 2.20. The molecule has 1 N–H and O–H groups in total. The molecule has 0 heterocycles. The first-order chi connectivity index (χ1) is 10.1. The van der Waals surface area contributed by atoms with Gasteiger partial charge in [-0.15, -0.1) is 0 Å². The zero-order chi connectivity index (χ0) is 15.7. The zero-order valence-electron chi connectivity index (χ0n) is 12.7. The van der Waals surface area contributed by atoms with Crippen molar-refractivity contribution in [2.45, 2.75) is 38.0 Å². The zero-order valence-corrected chi connectivity index (χ0v) is 13.5. The third kappa shape index (κ3) is 4.85. The second kappa shape index (κ2) is 8.83. The van der Waals surface area contributed by atoms with E-state index >= 15 is 0 Å². The van der Waals surface area contributed by atoms with E-state index < -0.39 is 10.0 Å². The average Bonchev–Trinajstić information content (AvgIpc) is 2.47. The fourth-order valence-electron chi connectivity index (χ4n) is 2.00. The normalized spacial score (nSPS) is 11.2. The smallest absolute Gasteiger partial charge is 0.244 e. The summed E-state index contributed by atoms with van der Waals surface area (Å²) in [5, 5.41) is 8.77. The van der Waals surface area contributed by atoms with E-state index in [-0.39, 0.29) is 11.5 Å². The third-order valence-electron chi connectivity index (χ3n) is 2.91. The third-order valence-corrected chi connectivity index (χ3v) is 4.87. The molecule has 0 aliphatic rings. The maximum Gasteiger partial charge on any atom is 0.244 e. The van der Waals surface area contributed by atoms with Gasteiger partial charge in [0.25, 0.3) is 0 Å². The summed E-state index contributed by atoms with van der Waals surface area (Å²) in [5.41, 5.74) is 0.489. The molecule has 0 radical (unpaired) electrons. The lowest BCUT2D eigenvalue weighted by molar-refractivity contribution is 0.305. The maximum absolute atomic E-state index is 12.8. The monoisotopic (exact) mass is 309 g/mol. The van der Waals surface area contributed by atoms with Crippen LogP contribution in [0.3, 0.4) is 0 Å². The lowest BCUT2D eigenvalue weighted by atomic mass is 10.2. The second-order valence-electron chi connectivity index (χ2n) is 4.68. The Hall–Kier alpha value is -1.35.